The van der Waals surface area contributed by atoms with Crippen molar-refractivity contribution in [2.24, 2.45) is 5.92 Å². The fourth-order valence-electron chi connectivity index (χ4n) is 3.45. The number of nitrogens with zero attached hydrogens (tertiary/aromatic N) is 2. The van der Waals surface area contributed by atoms with Crippen LogP contribution in [0.15, 0.2) is 5.03 Å². The average Bonchev–Trinajstić information content (AvgIpc) is 2.88. The third kappa shape index (κ3) is 4.79. The summed E-state index contributed by atoms with van der Waals surface area (Å²) in [5, 5.41) is 7.21. The Labute approximate surface area is 167 Å². The van der Waals surface area contributed by atoms with Crippen molar-refractivity contribution in [1.29, 1.82) is 0 Å². The van der Waals surface area contributed by atoms with Gasteiger partial charge in [-0.15, -0.1) is 11.3 Å². The first-order valence-corrected chi connectivity index (χ1v) is 11.1. The molecule has 2 heterocycles. The molecule has 0 saturated heterocycles. The average molecular weight is 407 g/mol. The number of rotatable bonds is 4. The molecule has 1 saturated carbocycles. The second-order valence-electron chi connectivity index (χ2n) is 7.22. The Hall–Kier alpha value is -1.67. The number of aryl methyl sites for hydroxylation is 3. The molecule has 1 aliphatic carbocycles. The van der Waals surface area contributed by atoms with Crippen LogP contribution in [0, 0.1) is 26.7 Å². The molecule has 27 heavy (non-hydrogen) atoms. The predicted octanol–water partition coefficient (Wildman–Crippen LogP) is 4.11. The summed E-state index contributed by atoms with van der Waals surface area (Å²) >= 11 is 2.99. The van der Waals surface area contributed by atoms with Gasteiger partial charge in [-0.3, -0.25) is 10.1 Å². The lowest BCUT2D eigenvalue weighted by Gasteiger charge is -2.29. The van der Waals surface area contributed by atoms with Gasteiger partial charge < -0.3 is 5.32 Å². The van der Waals surface area contributed by atoms with Gasteiger partial charge in [0.05, 0.1) is 5.75 Å². The minimum absolute atomic E-state index is 0.146. The van der Waals surface area contributed by atoms with E-state index >= 15 is 0 Å². The summed E-state index contributed by atoms with van der Waals surface area (Å²) in [4.78, 5) is 35.5. The van der Waals surface area contributed by atoms with E-state index in [0.29, 0.717) is 11.7 Å². The summed E-state index contributed by atoms with van der Waals surface area (Å²) in [5.41, 5.74) is 1.15. The lowest BCUT2D eigenvalue weighted by molar-refractivity contribution is -0.117. The Kier molecular flexibility index (Phi) is 6.37. The quantitative estimate of drug-likeness (QED) is 0.590. The molecule has 2 aromatic rings. The monoisotopic (exact) mass is 406 g/mol. The van der Waals surface area contributed by atoms with E-state index in [0.717, 1.165) is 40.1 Å². The van der Waals surface area contributed by atoms with Gasteiger partial charge in [-0.05, 0) is 45.1 Å². The molecule has 0 radical (unpaired) electrons. The highest BCUT2D eigenvalue weighted by Gasteiger charge is 2.23. The molecule has 3 rings (SSSR count). The molecule has 2 aromatic heterocycles. The minimum Gasteiger partial charge on any atom is -0.335 e. The van der Waals surface area contributed by atoms with Gasteiger partial charge in [0.25, 0.3) is 0 Å². The highest BCUT2D eigenvalue weighted by Crippen LogP contribution is 2.35. The molecule has 2 N–H and O–H groups in total. The number of fused-ring (bicyclic) bond motifs is 1. The van der Waals surface area contributed by atoms with Crippen LogP contribution in [0.2, 0.25) is 0 Å². The number of carbonyl (C=O) groups is 2. The Morgan fingerprint density at radius 3 is 2.67 bits per heavy atom. The second-order valence-corrected chi connectivity index (χ2v) is 9.39. The Morgan fingerprint density at radius 1 is 1.19 bits per heavy atom. The molecule has 1 aliphatic rings. The summed E-state index contributed by atoms with van der Waals surface area (Å²) in [5.74, 6) is 0.981. The van der Waals surface area contributed by atoms with Crippen LogP contribution in [0.5, 0.6) is 0 Å². The van der Waals surface area contributed by atoms with Crippen LogP contribution in [0.1, 0.15) is 48.9 Å². The highest BCUT2D eigenvalue weighted by molar-refractivity contribution is 8.00. The fraction of sp³-hybridized carbons (Fsp3) is 0.579. The number of imide groups is 1. The molecule has 0 bridgehead atoms. The number of hydrogen-bond donors (Lipinski definition) is 2. The summed E-state index contributed by atoms with van der Waals surface area (Å²) in [6.45, 7) is 8.12. The van der Waals surface area contributed by atoms with E-state index < -0.39 is 6.03 Å². The topological polar surface area (TPSA) is 84.0 Å². The van der Waals surface area contributed by atoms with Crippen molar-refractivity contribution >= 4 is 45.3 Å². The summed E-state index contributed by atoms with van der Waals surface area (Å²) < 4.78 is 0. The van der Waals surface area contributed by atoms with Crippen molar-refractivity contribution in [3.63, 3.8) is 0 Å². The van der Waals surface area contributed by atoms with E-state index in [9.17, 15) is 9.59 Å². The Morgan fingerprint density at radius 2 is 1.93 bits per heavy atom. The zero-order valence-corrected chi connectivity index (χ0v) is 17.9. The molecule has 0 aliphatic heterocycles. The van der Waals surface area contributed by atoms with Gasteiger partial charge in [0.2, 0.25) is 5.91 Å². The van der Waals surface area contributed by atoms with Gasteiger partial charge in [0.1, 0.15) is 15.7 Å². The van der Waals surface area contributed by atoms with E-state index in [2.05, 4.69) is 41.4 Å². The number of carbonyl (C=O) groups excluding carboxylic acids is 2. The van der Waals surface area contributed by atoms with Crippen LogP contribution < -0.4 is 10.6 Å². The molecule has 3 amide bonds. The van der Waals surface area contributed by atoms with Crippen molar-refractivity contribution in [3.05, 3.63) is 16.3 Å². The highest BCUT2D eigenvalue weighted by atomic mass is 32.2. The maximum Gasteiger partial charge on any atom is 0.321 e. The zero-order chi connectivity index (χ0) is 19.6. The van der Waals surface area contributed by atoms with Crippen LogP contribution in [0.3, 0.4) is 0 Å². The number of amides is 3. The van der Waals surface area contributed by atoms with Crippen LogP contribution in [0.4, 0.5) is 4.79 Å². The summed E-state index contributed by atoms with van der Waals surface area (Å²) in [6, 6.07) is -0.245. The Balaban J connectivity index is 1.59. The van der Waals surface area contributed by atoms with Crippen molar-refractivity contribution in [2.75, 3.05) is 5.75 Å². The number of hydrogen-bond acceptors (Lipinski definition) is 6. The lowest BCUT2D eigenvalue weighted by atomic mass is 9.86. The van der Waals surface area contributed by atoms with E-state index in [4.69, 9.17) is 0 Å². The standard InChI is InChI=1S/C19H26N4O2S2/c1-10-7-5-6-8-14(10)22-19(25)23-15(24)9-26-17-16-11(2)12(3)27-18(16)21-13(4)20-17/h10,14H,5-9H2,1-4H3,(H2,22,23,24,25)/t10-,14-/m0/s1. The van der Waals surface area contributed by atoms with Crippen molar-refractivity contribution in [2.45, 2.75) is 64.4 Å². The lowest BCUT2D eigenvalue weighted by Crippen LogP contribution is -2.48. The van der Waals surface area contributed by atoms with E-state index in [-0.39, 0.29) is 17.7 Å². The molecule has 146 valence electrons. The summed E-state index contributed by atoms with van der Waals surface area (Å²) in [6.07, 6.45) is 4.44. The Bertz CT molecular complexity index is 865. The first kappa shape index (κ1) is 20.1. The maximum absolute atomic E-state index is 12.2. The maximum atomic E-state index is 12.2. The molecule has 0 spiro atoms. The number of urea groups is 1. The van der Waals surface area contributed by atoms with E-state index in [1.807, 2.05) is 6.92 Å². The molecule has 0 unspecified atom stereocenters. The van der Waals surface area contributed by atoms with Crippen molar-refractivity contribution in [3.8, 4) is 0 Å². The zero-order valence-electron chi connectivity index (χ0n) is 16.2. The number of thioether (sulfide) groups is 1. The van der Waals surface area contributed by atoms with Crippen LogP contribution in [0.25, 0.3) is 10.2 Å². The number of thiophene rings is 1. The van der Waals surface area contributed by atoms with Gasteiger partial charge in [0.15, 0.2) is 0 Å². The molecule has 1 fully saturated rings. The molecule has 6 nitrogen and oxygen atoms in total. The van der Waals surface area contributed by atoms with Crippen molar-refractivity contribution < 1.29 is 9.59 Å². The second kappa shape index (κ2) is 8.56. The third-order valence-electron chi connectivity index (χ3n) is 5.13. The van der Waals surface area contributed by atoms with Gasteiger partial charge in [0, 0.05) is 16.3 Å². The van der Waals surface area contributed by atoms with E-state index in [1.165, 1.54) is 23.1 Å². The van der Waals surface area contributed by atoms with Gasteiger partial charge in [-0.2, -0.15) is 0 Å². The largest absolute Gasteiger partial charge is 0.335 e. The van der Waals surface area contributed by atoms with Gasteiger partial charge in [-0.1, -0.05) is 31.5 Å². The van der Waals surface area contributed by atoms with Crippen LogP contribution in [-0.4, -0.2) is 33.7 Å². The molecule has 8 heteroatoms. The molecular weight excluding hydrogens is 380 g/mol. The SMILES string of the molecule is Cc1nc(SCC(=O)NC(=O)N[C@H]2CCCC[C@@H]2C)c2c(C)c(C)sc2n1. The van der Waals surface area contributed by atoms with Gasteiger partial charge >= 0.3 is 6.03 Å². The molecule has 0 aromatic carbocycles. The van der Waals surface area contributed by atoms with Gasteiger partial charge in [-0.25, -0.2) is 14.8 Å². The van der Waals surface area contributed by atoms with Crippen molar-refractivity contribution in [1.82, 2.24) is 20.6 Å². The normalized spacial score (nSPS) is 19.9. The summed E-state index contributed by atoms with van der Waals surface area (Å²) in [7, 11) is 0. The first-order chi connectivity index (χ1) is 12.8. The minimum atomic E-state index is -0.397. The number of nitrogens with one attached hydrogen (secondary N) is 2. The fourth-order valence-corrected chi connectivity index (χ4v) is 5.52. The van der Waals surface area contributed by atoms with Crippen LogP contribution >= 0.6 is 23.1 Å². The predicted molar refractivity (Wildman–Crippen MR) is 110 cm³/mol. The first-order valence-electron chi connectivity index (χ1n) is 9.32. The molecule has 2 atom stereocenters. The molecular formula is C19H26N4O2S2. The van der Waals surface area contributed by atoms with E-state index in [1.54, 1.807) is 11.3 Å². The van der Waals surface area contributed by atoms with Crippen LogP contribution in [-0.2, 0) is 4.79 Å². The smallest absolute Gasteiger partial charge is 0.321 e. The number of aromatic nitrogens is 2. The third-order valence-corrected chi connectivity index (χ3v) is 7.20.